The van der Waals surface area contributed by atoms with E-state index in [-0.39, 0.29) is 17.2 Å². The fourth-order valence-electron chi connectivity index (χ4n) is 1.42. The first-order valence-corrected chi connectivity index (χ1v) is 7.67. The molecule has 0 unspecified atom stereocenters. The quantitative estimate of drug-likeness (QED) is 0.262. The van der Waals surface area contributed by atoms with E-state index in [1.807, 2.05) is 0 Å². The van der Waals surface area contributed by atoms with E-state index in [2.05, 4.69) is 6.92 Å². The molecule has 1 rings (SSSR count). The minimum absolute atomic E-state index is 0.00759. The topological polar surface area (TPSA) is 173 Å². The Morgan fingerprint density at radius 1 is 0.808 bits per heavy atom. The molecule has 0 atom stereocenters. The van der Waals surface area contributed by atoms with Crippen LogP contribution in [0.2, 0.25) is 0 Å². The Bertz CT molecular complexity index is 513. The van der Waals surface area contributed by atoms with Gasteiger partial charge in [-0.05, 0) is 18.9 Å². The summed E-state index contributed by atoms with van der Waals surface area (Å²) >= 11 is 0. The van der Waals surface area contributed by atoms with Crippen LogP contribution < -0.4 is 0 Å². The molecule has 1 aromatic carbocycles. The molecule has 0 heterocycles. The van der Waals surface area contributed by atoms with Crippen molar-refractivity contribution < 1.29 is 45.0 Å². The number of benzene rings is 1. The van der Waals surface area contributed by atoms with E-state index in [0.717, 1.165) is 46.1 Å². The third-order valence-corrected chi connectivity index (χ3v) is 2.20. The number of rotatable bonds is 4. The van der Waals surface area contributed by atoms with Crippen LogP contribution in [-0.4, -0.2) is 48.5 Å². The lowest BCUT2D eigenvalue weighted by Gasteiger charge is -2.06. The van der Waals surface area contributed by atoms with Gasteiger partial charge in [0.1, 0.15) is 5.75 Å². The van der Waals surface area contributed by atoms with Gasteiger partial charge in [-0.2, -0.15) is 0 Å². The summed E-state index contributed by atoms with van der Waals surface area (Å²) in [6, 6.07) is 2.63. The van der Waals surface area contributed by atoms with E-state index in [1.165, 1.54) is 6.07 Å². The van der Waals surface area contributed by atoms with Gasteiger partial charge in [0.15, 0.2) is 11.5 Å². The van der Waals surface area contributed by atoms with Crippen LogP contribution in [0, 0.1) is 0 Å². The van der Waals surface area contributed by atoms with Crippen LogP contribution in [0.15, 0.2) is 12.1 Å². The second kappa shape index (κ2) is 16.9. The van der Waals surface area contributed by atoms with Crippen LogP contribution in [0.1, 0.15) is 52.5 Å². The summed E-state index contributed by atoms with van der Waals surface area (Å²) in [6.45, 7) is 5.35. The van der Waals surface area contributed by atoms with Gasteiger partial charge in [0.25, 0.3) is 17.9 Å². The number of phenolic OH excluding ortho intramolecular Hbond substituents is 3. The van der Waals surface area contributed by atoms with Gasteiger partial charge in [-0.3, -0.25) is 14.4 Å². The van der Waals surface area contributed by atoms with Crippen molar-refractivity contribution >= 4 is 17.9 Å². The molecule has 0 saturated heterocycles. The lowest BCUT2D eigenvalue weighted by Crippen LogP contribution is -1.87. The van der Waals surface area contributed by atoms with E-state index in [0.29, 0.717) is 12.0 Å². The molecule has 26 heavy (non-hydrogen) atoms. The normalized spacial score (nSPS) is 8.46. The molecule has 0 saturated carbocycles. The van der Waals surface area contributed by atoms with Crippen LogP contribution in [0.4, 0.5) is 0 Å². The lowest BCUT2D eigenvalue weighted by molar-refractivity contribution is -0.135. The molecule has 150 valence electrons. The number of aromatic hydroxyl groups is 3. The van der Waals surface area contributed by atoms with Crippen LogP contribution in [0.3, 0.4) is 0 Å². The maximum atomic E-state index is 9.46. The van der Waals surface area contributed by atoms with Crippen molar-refractivity contribution in [3.05, 3.63) is 17.7 Å². The van der Waals surface area contributed by atoms with Crippen LogP contribution in [0.25, 0.3) is 0 Å². The predicted molar refractivity (Wildman–Crippen MR) is 94.6 cm³/mol. The average Bonchev–Trinajstić information content (AvgIpc) is 2.42. The number of unbranched alkanes of at least 4 members (excludes halogenated alkanes) is 2. The molecule has 6 N–H and O–H groups in total. The van der Waals surface area contributed by atoms with Crippen molar-refractivity contribution in [3.63, 3.8) is 0 Å². The number of carboxylic acid groups (broad SMARTS) is 3. The SMILES string of the molecule is CC(=O)O.CC(=O)O.CC(=O)O.CCCCCc1cc(O)cc(O)c1O. The van der Waals surface area contributed by atoms with Crippen LogP contribution >= 0.6 is 0 Å². The molecule has 0 fully saturated rings. The first-order valence-electron chi connectivity index (χ1n) is 7.67. The van der Waals surface area contributed by atoms with Gasteiger partial charge in [-0.15, -0.1) is 0 Å². The van der Waals surface area contributed by atoms with E-state index in [1.54, 1.807) is 0 Å². The molecule has 0 radical (unpaired) electrons. The van der Waals surface area contributed by atoms with E-state index in [9.17, 15) is 15.3 Å². The summed E-state index contributed by atoms with van der Waals surface area (Å²) in [5, 5.41) is 50.1. The lowest BCUT2D eigenvalue weighted by atomic mass is 10.1. The highest BCUT2D eigenvalue weighted by atomic mass is 16.4. The van der Waals surface area contributed by atoms with Crippen molar-refractivity contribution in [3.8, 4) is 17.2 Å². The Morgan fingerprint density at radius 2 is 1.19 bits per heavy atom. The monoisotopic (exact) mass is 376 g/mol. The molecule has 0 aliphatic carbocycles. The first-order chi connectivity index (χ1) is 11.8. The van der Waals surface area contributed by atoms with Crippen molar-refractivity contribution in [2.75, 3.05) is 0 Å². The third-order valence-electron chi connectivity index (χ3n) is 2.20. The maximum Gasteiger partial charge on any atom is 0.300 e. The van der Waals surface area contributed by atoms with Crippen molar-refractivity contribution in [2.45, 2.75) is 53.4 Å². The summed E-state index contributed by atoms with van der Waals surface area (Å²) in [6.07, 6.45) is 3.82. The van der Waals surface area contributed by atoms with Crippen molar-refractivity contribution in [1.82, 2.24) is 0 Å². The second-order valence-electron chi connectivity index (χ2n) is 4.99. The number of phenols is 3. The number of hydrogen-bond donors (Lipinski definition) is 6. The predicted octanol–water partition coefficient (Wildman–Crippen LogP) is 2.81. The number of aryl methyl sites for hydroxylation is 1. The maximum absolute atomic E-state index is 9.46. The van der Waals surface area contributed by atoms with Gasteiger partial charge in [0.2, 0.25) is 0 Å². The Kier molecular flexibility index (Phi) is 18.1. The highest BCUT2D eigenvalue weighted by molar-refractivity contribution is 5.63. The van der Waals surface area contributed by atoms with Gasteiger partial charge in [-0.25, -0.2) is 0 Å². The highest BCUT2D eigenvalue weighted by Gasteiger charge is 2.08. The molecule has 0 bridgehead atoms. The van der Waals surface area contributed by atoms with E-state index in [4.69, 9.17) is 29.7 Å². The Hall–Kier alpha value is -2.97. The molecule has 0 aliphatic rings. The summed E-state index contributed by atoms with van der Waals surface area (Å²) in [7, 11) is 0. The number of carbonyl (C=O) groups is 3. The van der Waals surface area contributed by atoms with Gasteiger partial charge < -0.3 is 30.6 Å². The highest BCUT2D eigenvalue weighted by Crippen LogP contribution is 2.33. The Balaban J connectivity index is -0.000000362. The Labute approximate surface area is 152 Å². The number of hydrogen-bond acceptors (Lipinski definition) is 6. The third kappa shape index (κ3) is 26.0. The molecule has 0 aliphatic heterocycles. The van der Waals surface area contributed by atoms with Gasteiger partial charge in [0, 0.05) is 32.4 Å². The fourth-order valence-corrected chi connectivity index (χ4v) is 1.42. The van der Waals surface area contributed by atoms with Crippen molar-refractivity contribution in [1.29, 1.82) is 0 Å². The summed E-state index contributed by atoms with van der Waals surface area (Å²) in [5.41, 5.74) is 0.607. The molecule has 9 heteroatoms. The molecule has 0 spiro atoms. The Morgan fingerprint density at radius 3 is 1.54 bits per heavy atom. The zero-order valence-electron chi connectivity index (χ0n) is 15.4. The van der Waals surface area contributed by atoms with Gasteiger partial charge in [-0.1, -0.05) is 19.8 Å². The minimum Gasteiger partial charge on any atom is -0.508 e. The summed E-state index contributed by atoms with van der Waals surface area (Å²) in [5.74, 6) is -2.87. The standard InChI is InChI=1S/C11H16O3.3C2H4O2/c1-2-3-4-5-8-6-9(12)7-10(13)11(8)14;3*1-2(3)4/h6-7,12-14H,2-5H2,1H3;3*1H3,(H,3,4). The van der Waals surface area contributed by atoms with E-state index < -0.39 is 17.9 Å². The average molecular weight is 376 g/mol. The summed E-state index contributed by atoms with van der Waals surface area (Å²) < 4.78 is 0. The molecule has 9 nitrogen and oxygen atoms in total. The largest absolute Gasteiger partial charge is 0.508 e. The molecule has 0 amide bonds. The van der Waals surface area contributed by atoms with E-state index >= 15 is 0 Å². The second-order valence-corrected chi connectivity index (χ2v) is 4.99. The fraction of sp³-hybridized carbons (Fsp3) is 0.471. The van der Waals surface area contributed by atoms with Crippen LogP contribution in [0.5, 0.6) is 17.2 Å². The first kappa shape index (κ1) is 27.9. The molecule has 0 aromatic heterocycles. The van der Waals surface area contributed by atoms with Crippen molar-refractivity contribution in [2.24, 2.45) is 0 Å². The smallest absolute Gasteiger partial charge is 0.300 e. The van der Waals surface area contributed by atoms with Crippen LogP contribution in [-0.2, 0) is 20.8 Å². The van der Waals surface area contributed by atoms with Gasteiger partial charge >= 0.3 is 0 Å². The number of carboxylic acids is 3. The zero-order valence-corrected chi connectivity index (χ0v) is 15.4. The van der Waals surface area contributed by atoms with Gasteiger partial charge in [0.05, 0.1) is 0 Å². The summed E-state index contributed by atoms with van der Waals surface area (Å²) in [4.78, 5) is 27.0. The molecule has 1 aromatic rings. The minimum atomic E-state index is -0.833. The molecular formula is C17H28O9. The number of aliphatic carboxylic acids is 3. The zero-order chi connectivity index (χ0) is 21.3. The molecular weight excluding hydrogens is 348 g/mol.